The summed E-state index contributed by atoms with van der Waals surface area (Å²) in [5.41, 5.74) is 2.63. The Kier molecular flexibility index (Phi) is 1.74. The molecule has 0 spiro atoms. The normalized spacial score (nSPS) is 12.6. The summed E-state index contributed by atoms with van der Waals surface area (Å²) in [7, 11) is 2.02. The molecule has 3 heteroatoms. The summed E-state index contributed by atoms with van der Waals surface area (Å²) >= 11 is 1.78. The highest BCUT2D eigenvalue weighted by atomic mass is 32.1. The summed E-state index contributed by atoms with van der Waals surface area (Å²) in [5, 5.41) is 6.57. The smallest absolute Gasteiger partial charge is 0.103 e. The van der Waals surface area contributed by atoms with Crippen molar-refractivity contribution in [1.82, 2.24) is 9.78 Å². The Morgan fingerprint density at radius 3 is 2.69 bits per heavy atom. The summed E-state index contributed by atoms with van der Waals surface area (Å²) in [6, 6.07) is 2.08. The highest BCUT2D eigenvalue weighted by Gasteiger charge is 2.22. The molecule has 0 aliphatic heterocycles. The van der Waals surface area contributed by atoms with Crippen LogP contribution in [0.3, 0.4) is 0 Å². The van der Waals surface area contributed by atoms with Gasteiger partial charge in [0, 0.05) is 12.5 Å². The van der Waals surface area contributed by atoms with E-state index in [9.17, 15) is 0 Å². The van der Waals surface area contributed by atoms with Gasteiger partial charge in [0.25, 0.3) is 0 Å². The fraction of sp³-hybridized carbons (Fsp3) is 0.500. The van der Waals surface area contributed by atoms with E-state index in [1.165, 1.54) is 10.4 Å². The lowest BCUT2D eigenvalue weighted by molar-refractivity contribution is 0.529. The van der Waals surface area contributed by atoms with E-state index in [0.717, 1.165) is 5.52 Å². The maximum absolute atomic E-state index is 4.47. The second kappa shape index (κ2) is 2.58. The molecule has 0 saturated carbocycles. The van der Waals surface area contributed by atoms with Crippen LogP contribution in [-0.2, 0) is 12.5 Å². The number of nitrogens with zero attached hydrogens (tertiary/aromatic N) is 2. The van der Waals surface area contributed by atoms with Gasteiger partial charge in [0.15, 0.2) is 0 Å². The van der Waals surface area contributed by atoms with Crippen molar-refractivity contribution in [2.45, 2.75) is 26.2 Å². The highest BCUT2D eigenvalue weighted by Crippen LogP contribution is 2.32. The number of fused-ring (bicyclic) bond motifs is 1. The van der Waals surface area contributed by atoms with Crippen LogP contribution in [0.5, 0.6) is 0 Å². The fourth-order valence-corrected chi connectivity index (χ4v) is 2.86. The fourth-order valence-electron chi connectivity index (χ4n) is 1.74. The van der Waals surface area contributed by atoms with Crippen LogP contribution < -0.4 is 0 Å². The number of aromatic nitrogens is 2. The van der Waals surface area contributed by atoms with Gasteiger partial charge in [-0.1, -0.05) is 20.8 Å². The third kappa shape index (κ3) is 1.27. The molecular formula is C10H14N2S. The molecule has 0 aliphatic rings. The van der Waals surface area contributed by atoms with Crippen LogP contribution in [0.25, 0.3) is 10.2 Å². The maximum Gasteiger partial charge on any atom is 0.103 e. The van der Waals surface area contributed by atoms with Gasteiger partial charge in [0.1, 0.15) is 5.52 Å². The van der Waals surface area contributed by atoms with Crippen LogP contribution in [0, 0.1) is 0 Å². The van der Waals surface area contributed by atoms with Gasteiger partial charge < -0.3 is 0 Å². The van der Waals surface area contributed by atoms with Gasteiger partial charge >= 0.3 is 0 Å². The third-order valence-corrected chi connectivity index (χ3v) is 3.06. The van der Waals surface area contributed by atoms with Crippen molar-refractivity contribution in [3.8, 4) is 0 Å². The van der Waals surface area contributed by atoms with Gasteiger partial charge in [0.05, 0.1) is 10.4 Å². The topological polar surface area (TPSA) is 17.8 Å². The monoisotopic (exact) mass is 194 g/mol. The summed E-state index contributed by atoms with van der Waals surface area (Å²) in [4.78, 5) is 0. The van der Waals surface area contributed by atoms with E-state index in [4.69, 9.17) is 0 Å². The molecule has 0 amide bonds. The first-order valence-electron chi connectivity index (χ1n) is 4.41. The van der Waals surface area contributed by atoms with Gasteiger partial charge in [-0.3, -0.25) is 4.68 Å². The molecule has 0 fully saturated rings. The first kappa shape index (κ1) is 8.75. The van der Waals surface area contributed by atoms with Gasteiger partial charge in [0.2, 0.25) is 0 Å². The van der Waals surface area contributed by atoms with E-state index >= 15 is 0 Å². The van der Waals surface area contributed by atoms with E-state index in [-0.39, 0.29) is 5.41 Å². The number of thiophene rings is 1. The Bertz CT molecular complexity index is 431. The maximum atomic E-state index is 4.47. The van der Waals surface area contributed by atoms with Gasteiger partial charge in [-0.05, 0) is 11.4 Å². The standard InChI is InChI=1S/C10H14N2S/c1-10(2,3)9-8-7(5-6-13-8)11-12(9)4/h5-6H,1-4H3. The molecule has 0 N–H and O–H groups in total. The minimum atomic E-state index is 0.175. The predicted octanol–water partition coefficient (Wildman–Crippen LogP) is 2.93. The second-order valence-electron chi connectivity index (χ2n) is 4.36. The van der Waals surface area contributed by atoms with Crippen LogP contribution in [-0.4, -0.2) is 9.78 Å². The largest absolute Gasteiger partial charge is 0.270 e. The lowest BCUT2D eigenvalue weighted by Crippen LogP contribution is -2.16. The highest BCUT2D eigenvalue weighted by molar-refractivity contribution is 7.17. The van der Waals surface area contributed by atoms with Crippen molar-refractivity contribution in [2.24, 2.45) is 7.05 Å². The molecule has 2 heterocycles. The molecule has 0 unspecified atom stereocenters. The summed E-state index contributed by atoms with van der Waals surface area (Å²) in [6.07, 6.45) is 0. The van der Waals surface area contributed by atoms with Gasteiger partial charge in [-0.2, -0.15) is 5.10 Å². The average molecular weight is 194 g/mol. The Labute approximate surface area is 82.2 Å². The van der Waals surface area contributed by atoms with Crippen molar-refractivity contribution in [2.75, 3.05) is 0 Å². The summed E-state index contributed by atoms with van der Waals surface area (Å²) in [5.74, 6) is 0. The second-order valence-corrected chi connectivity index (χ2v) is 5.27. The molecule has 0 aromatic carbocycles. The van der Waals surface area contributed by atoms with Crippen LogP contribution in [0.4, 0.5) is 0 Å². The Balaban J connectivity index is 2.78. The van der Waals surface area contributed by atoms with E-state index in [0.29, 0.717) is 0 Å². The predicted molar refractivity (Wildman–Crippen MR) is 57.3 cm³/mol. The van der Waals surface area contributed by atoms with E-state index in [1.54, 1.807) is 11.3 Å². The molecule has 0 atom stereocenters. The molecule has 13 heavy (non-hydrogen) atoms. The molecule has 2 nitrogen and oxygen atoms in total. The van der Waals surface area contributed by atoms with Crippen LogP contribution >= 0.6 is 11.3 Å². The molecule has 2 rings (SSSR count). The first-order chi connectivity index (χ1) is 6.00. The van der Waals surface area contributed by atoms with Crippen LogP contribution in [0.2, 0.25) is 0 Å². The quantitative estimate of drug-likeness (QED) is 0.630. The third-order valence-electron chi connectivity index (χ3n) is 2.15. The number of rotatable bonds is 0. The Hall–Kier alpha value is -0.830. The minimum Gasteiger partial charge on any atom is -0.270 e. The zero-order chi connectivity index (χ0) is 9.64. The molecule has 2 aromatic rings. The first-order valence-corrected chi connectivity index (χ1v) is 5.29. The average Bonchev–Trinajstić information content (AvgIpc) is 2.41. The molecule has 0 saturated heterocycles. The Morgan fingerprint density at radius 2 is 2.08 bits per heavy atom. The number of hydrogen-bond donors (Lipinski definition) is 0. The summed E-state index contributed by atoms with van der Waals surface area (Å²) < 4.78 is 3.33. The van der Waals surface area contributed by atoms with Crippen molar-refractivity contribution in [1.29, 1.82) is 0 Å². The number of hydrogen-bond acceptors (Lipinski definition) is 2. The molecule has 0 aliphatic carbocycles. The van der Waals surface area contributed by atoms with Gasteiger partial charge in [-0.15, -0.1) is 11.3 Å². The van der Waals surface area contributed by atoms with E-state index in [1.807, 2.05) is 11.7 Å². The van der Waals surface area contributed by atoms with Crippen LogP contribution in [0.15, 0.2) is 11.4 Å². The van der Waals surface area contributed by atoms with Crippen molar-refractivity contribution < 1.29 is 0 Å². The van der Waals surface area contributed by atoms with Crippen LogP contribution in [0.1, 0.15) is 26.5 Å². The lowest BCUT2D eigenvalue weighted by Gasteiger charge is -2.18. The number of aryl methyl sites for hydroxylation is 1. The molecular weight excluding hydrogens is 180 g/mol. The van der Waals surface area contributed by atoms with Crippen molar-refractivity contribution >= 4 is 21.6 Å². The zero-order valence-corrected chi connectivity index (χ0v) is 9.27. The zero-order valence-electron chi connectivity index (χ0n) is 8.46. The van der Waals surface area contributed by atoms with Gasteiger partial charge in [-0.25, -0.2) is 0 Å². The minimum absolute atomic E-state index is 0.175. The van der Waals surface area contributed by atoms with Crippen molar-refractivity contribution in [3.63, 3.8) is 0 Å². The summed E-state index contributed by atoms with van der Waals surface area (Å²) in [6.45, 7) is 6.68. The molecule has 70 valence electrons. The van der Waals surface area contributed by atoms with E-state index < -0.39 is 0 Å². The van der Waals surface area contributed by atoms with E-state index in [2.05, 4.69) is 37.3 Å². The SMILES string of the molecule is Cn1nc2ccsc2c1C(C)(C)C. The lowest BCUT2D eigenvalue weighted by atomic mass is 9.92. The Morgan fingerprint density at radius 1 is 1.38 bits per heavy atom. The molecule has 0 bridgehead atoms. The van der Waals surface area contributed by atoms with Crippen molar-refractivity contribution in [3.05, 3.63) is 17.1 Å². The molecule has 2 aromatic heterocycles. The molecule has 0 radical (unpaired) electrons.